The van der Waals surface area contributed by atoms with Crippen LogP contribution in [0.1, 0.15) is 149 Å². The summed E-state index contributed by atoms with van der Waals surface area (Å²) in [5.41, 5.74) is 9.83. The molecule has 11 aromatic rings. The summed E-state index contributed by atoms with van der Waals surface area (Å²) in [6, 6.07) is 25.2. The minimum absolute atomic E-state index is 0.00600. The Balaban J connectivity index is 0.000000156. The summed E-state index contributed by atoms with van der Waals surface area (Å²) in [4.78, 5) is 93.2. The number of carbonyl (C=O) groups excluding carboxylic acids is 3. The molecular formula is C88H103Br4F4N21O5. The van der Waals surface area contributed by atoms with Crippen molar-refractivity contribution in [3.05, 3.63) is 201 Å². The van der Waals surface area contributed by atoms with E-state index in [4.69, 9.17) is 9.47 Å². The van der Waals surface area contributed by atoms with Gasteiger partial charge in [0.15, 0.2) is 29.6 Å². The van der Waals surface area contributed by atoms with Crippen molar-refractivity contribution in [2.45, 2.75) is 171 Å². The van der Waals surface area contributed by atoms with Crippen molar-refractivity contribution in [2.24, 2.45) is 0 Å². The lowest BCUT2D eigenvalue weighted by Gasteiger charge is -2.35. The third-order valence-electron chi connectivity index (χ3n) is 21.4. The molecule has 0 saturated carbocycles. The summed E-state index contributed by atoms with van der Waals surface area (Å²) in [7, 11) is 0. The molecule has 3 fully saturated rings. The summed E-state index contributed by atoms with van der Waals surface area (Å²) in [5.74, 6) is 0.823. The molecule has 14 heterocycles. The minimum atomic E-state index is -0.652. The molecule has 2 aromatic carbocycles. The van der Waals surface area contributed by atoms with E-state index in [0.29, 0.717) is 77.6 Å². The number of carbonyl (C=O) groups is 3. The zero-order valence-electron chi connectivity index (χ0n) is 71.4. The molecule has 0 unspecified atom stereocenters. The number of nitrogens with one attached hydrogen (secondary N) is 3. The minimum Gasteiger partial charge on any atom is -0.444 e. The van der Waals surface area contributed by atoms with E-state index >= 15 is 13.2 Å². The van der Waals surface area contributed by atoms with Crippen LogP contribution in [0, 0.1) is 57.9 Å². The van der Waals surface area contributed by atoms with Crippen molar-refractivity contribution in [1.29, 1.82) is 0 Å². The number of piperazine rings is 3. The molecule has 3 saturated heterocycles. The van der Waals surface area contributed by atoms with Crippen LogP contribution >= 0.6 is 63.7 Å². The Morgan fingerprint density at radius 1 is 0.467 bits per heavy atom. The van der Waals surface area contributed by atoms with Gasteiger partial charge < -0.3 is 44.4 Å². The molecule has 9 aromatic heterocycles. The quantitative estimate of drug-likeness (QED) is 0.0549. The molecule has 34 heteroatoms. The highest BCUT2D eigenvalue weighted by Crippen LogP contribution is 2.41. The summed E-state index contributed by atoms with van der Waals surface area (Å²) in [6.45, 7) is 41.6. The number of rotatable bonds is 13. The number of aldehydes is 1. The van der Waals surface area contributed by atoms with Gasteiger partial charge in [-0.2, -0.15) is 0 Å². The molecule has 0 radical (unpaired) electrons. The van der Waals surface area contributed by atoms with Gasteiger partial charge in [0, 0.05) is 166 Å². The molecule has 3 N–H and O–H groups in total. The number of anilines is 4. The van der Waals surface area contributed by atoms with Crippen LogP contribution in [0.5, 0.6) is 0 Å². The highest BCUT2D eigenvalue weighted by molar-refractivity contribution is 9.11. The van der Waals surface area contributed by atoms with Gasteiger partial charge in [-0.3, -0.25) is 19.5 Å². The fourth-order valence-electron chi connectivity index (χ4n) is 14.9. The number of benzene rings is 2. The van der Waals surface area contributed by atoms with Crippen LogP contribution < -0.4 is 16.0 Å². The monoisotopic (exact) mass is 1930 g/mol. The van der Waals surface area contributed by atoms with Gasteiger partial charge in [-0.1, -0.05) is 18.2 Å². The van der Waals surface area contributed by atoms with Gasteiger partial charge in [0.05, 0.1) is 29.1 Å². The molecule has 16 rings (SSSR count). The summed E-state index contributed by atoms with van der Waals surface area (Å²) >= 11 is 13.2. The number of ether oxygens (including phenoxy) is 2. The van der Waals surface area contributed by atoms with E-state index < -0.39 is 34.5 Å². The maximum absolute atomic E-state index is 15.2. The second-order valence-electron chi connectivity index (χ2n) is 33.9. The van der Waals surface area contributed by atoms with E-state index in [2.05, 4.69) is 188 Å². The standard InChI is InChI=1S/C32H38F2N8O2.C27H30F2N8.C16H24BrN3O2.C7H6BrNO.C6H5Br2N/c1-19-20(18-40-11-13-41(14-12-40)30(43)44-31(2,3)4)7-8-25(36-19)37-29-35-17-23(34)27(39-29)21-15-22(33)28-24(16-21)42-26(38-28)9-10-32(42,5)6;1-16-17(15-36-10-8-30-9-11-36)4-5-22(32-16)33-26-31-14-20(29)24(35-26)18-12-19(28)25-21(13-18)37-23(34-25)6-7-27(37,2)3;1-12-13(5-6-14(17)18-12)11-19-7-9-20(10-8-19)15(21)22-16(2,3)4;1-5-6(4-10)2-3-7(8)9-5;1-4-5(7)2-3-6(8)9-4/h7-8,15-17H,9-14,18H2,1-6H3,(H,35,36,37,39);4-5,12-14,30H,6-11,15H2,1-3H3,(H,31,32,33,35);5-6H,7-11H2,1-4H3;2-4H,1H3;2-3H,1H3. The Bertz CT molecular complexity index is 5640. The lowest BCUT2D eigenvalue weighted by atomic mass is 10.0. The fraction of sp³-hybridized carbons (Fsp3) is 0.432. The summed E-state index contributed by atoms with van der Waals surface area (Å²) in [6.07, 6.45) is 5.87. The molecular weight excluding hydrogens is 1830 g/mol. The average Bonchev–Trinajstić information content (AvgIpc) is 1.58. The van der Waals surface area contributed by atoms with Crippen LogP contribution in [0.3, 0.4) is 0 Å². The van der Waals surface area contributed by atoms with Gasteiger partial charge >= 0.3 is 12.2 Å². The summed E-state index contributed by atoms with van der Waals surface area (Å²) in [5, 5.41) is 9.51. The second kappa shape index (κ2) is 39.2. The SMILES string of the molecule is Cc1nc(Br)ccc1Br.Cc1nc(Br)ccc1C=O.Cc1nc(Br)ccc1CN1CCN(C(=O)OC(C)(C)C)CC1.Cc1nc(Nc2ncc(F)c(-c3cc(F)c4nc5n(c4c3)C(C)(C)CC5)n2)ccc1CN1CCN(C(=O)OC(C)(C)C)CC1.Cc1nc(Nc2ncc(F)c(-c3cc(F)c4nc5n(c4c3)C(C)(C)CC5)n2)ccc1CN1CCNCC1. The number of fused-ring (bicyclic) bond motifs is 6. The number of aryl methyl sites for hydroxylation is 7. The third-order valence-corrected chi connectivity index (χ3v) is 23.6. The maximum atomic E-state index is 15.2. The predicted molar refractivity (Wildman–Crippen MR) is 479 cm³/mol. The smallest absolute Gasteiger partial charge is 0.410 e. The topological polar surface area (TPSA) is 274 Å². The van der Waals surface area contributed by atoms with Crippen LogP contribution in [-0.2, 0) is 53.0 Å². The van der Waals surface area contributed by atoms with Crippen molar-refractivity contribution < 1.29 is 41.4 Å². The van der Waals surface area contributed by atoms with Crippen LogP contribution in [0.15, 0.2) is 116 Å². The van der Waals surface area contributed by atoms with Crippen molar-refractivity contribution >= 4 is 128 Å². The Morgan fingerprint density at radius 2 is 0.844 bits per heavy atom. The van der Waals surface area contributed by atoms with Crippen molar-refractivity contribution in [3.63, 3.8) is 0 Å². The van der Waals surface area contributed by atoms with Crippen LogP contribution in [0.2, 0.25) is 0 Å². The molecule has 2 amide bonds. The predicted octanol–water partition coefficient (Wildman–Crippen LogP) is 18.3. The Labute approximate surface area is 742 Å². The van der Waals surface area contributed by atoms with Crippen molar-refractivity contribution in [3.8, 4) is 22.5 Å². The van der Waals surface area contributed by atoms with Gasteiger partial charge in [-0.15, -0.1) is 0 Å². The Hall–Kier alpha value is -9.42. The van der Waals surface area contributed by atoms with E-state index in [9.17, 15) is 18.8 Å². The first-order chi connectivity index (χ1) is 57.7. The number of hydrogen-bond acceptors (Lipinski definition) is 22. The number of halogens is 8. The zero-order chi connectivity index (χ0) is 87.9. The van der Waals surface area contributed by atoms with Crippen molar-refractivity contribution in [1.82, 2.24) is 93.8 Å². The molecule has 26 nitrogen and oxygen atoms in total. The highest BCUT2D eigenvalue weighted by Gasteiger charge is 2.36. The van der Waals surface area contributed by atoms with Gasteiger partial charge in [0.2, 0.25) is 11.9 Å². The molecule has 122 heavy (non-hydrogen) atoms. The average molecular weight is 1930 g/mol. The molecule has 0 aliphatic carbocycles. The zero-order valence-corrected chi connectivity index (χ0v) is 77.7. The second-order valence-corrected chi connectivity index (χ2v) is 37.2. The number of amides is 2. The van der Waals surface area contributed by atoms with Gasteiger partial charge in [0.1, 0.15) is 70.7 Å². The van der Waals surface area contributed by atoms with E-state index in [-0.39, 0.29) is 52.1 Å². The molecule has 0 atom stereocenters. The molecule has 0 bridgehead atoms. The Morgan fingerprint density at radius 3 is 1.22 bits per heavy atom. The number of aromatic nitrogens is 13. The Kier molecular flexibility index (Phi) is 29.5. The number of imidazole rings is 2. The first-order valence-corrected chi connectivity index (χ1v) is 43.7. The third kappa shape index (κ3) is 23.5. The van der Waals surface area contributed by atoms with E-state index in [0.717, 1.165) is 179 Å². The summed E-state index contributed by atoms with van der Waals surface area (Å²) < 4.78 is 78.7. The molecule has 5 aliphatic heterocycles. The lowest BCUT2D eigenvalue weighted by molar-refractivity contribution is 0.0129. The van der Waals surface area contributed by atoms with E-state index in [1.165, 1.54) is 17.7 Å². The number of pyridine rings is 5. The van der Waals surface area contributed by atoms with E-state index in [1.54, 1.807) is 41.0 Å². The molecule has 5 aliphatic rings. The van der Waals surface area contributed by atoms with Crippen LogP contribution in [0.4, 0.5) is 50.7 Å². The van der Waals surface area contributed by atoms with Crippen LogP contribution in [-0.4, -0.2) is 197 Å². The number of nitrogens with zero attached hydrogens (tertiary/aromatic N) is 18. The molecule has 646 valence electrons. The van der Waals surface area contributed by atoms with E-state index in [1.807, 2.05) is 116 Å². The van der Waals surface area contributed by atoms with Gasteiger partial charge in [0.25, 0.3) is 0 Å². The largest absolute Gasteiger partial charge is 0.444 e. The fourth-order valence-corrected chi connectivity index (χ4v) is 16.3. The normalized spacial score (nSPS) is 15.8. The van der Waals surface area contributed by atoms with Crippen molar-refractivity contribution in [2.75, 3.05) is 89.2 Å². The van der Waals surface area contributed by atoms with Gasteiger partial charge in [-0.25, -0.2) is 82.0 Å². The maximum Gasteiger partial charge on any atom is 0.410 e. The first kappa shape index (κ1) is 91.8. The number of hydrogen-bond donors (Lipinski definition) is 3. The van der Waals surface area contributed by atoms with Gasteiger partial charge in [-0.05, 0) is 264 Å². The first-order valence-electron chi connectivity index (χ1n) is 40.5. The molecule has 0 spiro atoms. The highest BCUT2D eigenvalue weighted by atomic mass is 79.9. The van der Waals surface area contributed by atoms with Crippen LogP contribution in [0.25, 0.3) is 44.6 Å². The lowest BCUT2D eigenvalue weighted by Crippen LogP contribution is -2.49.